The van der Waals surface area contributed by atoms with Crippen LogP contribution in [0, 0.1) is 17.5 Å². The normalized spacial score (nSPS) is 15.7. The van der Waals surface area contributed by atoms with E-state index in [1.165, 1.54) is 30.1 Å². The number of benzene rings is 2. The molecular formula is C20H15ClF3N3O3. The molecular weight excluding hydrogens is 423 g/mol. The number of carbonyl (C=O) groups excluding carboxylic acids is 1. The van der Waals surface area contributed by atoms with Crippen LogP contribution in [0.2, 0.25) is 5.02 Å². The maximum Gasteiger partial charge on any atom is 0.322 e. The van der Waals surface area contributed by atoms with Crippen molar-refractivity contribution in [1.82, 2.24) is 9.88 Å². The van der Waals surface area contributed by atoms with Crippen molar-refractivity contribution < 1.29 is 22.7 Å². The molecule has 0 saturated carbocycles. The van der Waals surface area contributed by atoms with Crippen LogP contribution in [0.4, 0.5) is 23.7 Å². The maximum atomic E-state index is 14.3. The molecule has 1 aliphatic heterocycles. The second-order valence-electron chi connectivity index (χ2n) is 6.83. The van der Waals surface area contributed by atoms with Gasteiger partial charge in [-0.3, -0.25) is 4.79 Å². The van der Waals surface area contributed by atoms with Crippen molar-refractivity contribution in [2.75, 3.05) is 19.0 Å². The molecule has 0 fully saturated rings. The molecule has 2 amide bonds. The van der Waals surface area contributed by atoms with Crippen LogP contribution >= 0.6 is 11.6 Å². The van der Waals surface area contributed by atoms with Gasteiger partial charge >= 0.3 is 6.03 Å². The first kappa shape index (κ1) is 20.2. The Bertz CT molecular complexity index is 1230. The number of pyridine rings is 1. The van der Waals surface area contributed by atoms with Crippen LogP contribution in [-0.4, -0.2) is 29.6 Å². The average molecular weight is 438 g/mol. The third-order valence-corrected chi connectivity index (χ3v) is 5.31. The molecule has 6 nitrogen and oxygen atoms in total. The van der Waals surface area contributed by atoms with Gasteiger partial charge in [-0.1, -0.05) is 17.7 Å². The number of halogens is 4. The fourth-order valence-corrected chi connectivity index (χ4v) is 3.69. The number of amides is 2. The van der Waals surface area contributed by atoms with E-state index in [1.54, 1.807) is 0 Å². The van der Waals surface area contributed by atoms with Gasteiger partial charge in [0.05, 0.1) is 29.7 Å². The number of H-pyrrole nitrogens is 1. The molecule has 0 radical (unpaired) electrons. The van der Waals surface area contributed by atoms with Gasteiger partial charge in [-0.2, -0.15) is 0 Å². The third-order valence-electron chi connectivity index (χ3n) is 5.02. The number of fused-ring (bicyclic) bond motifs is 3. The number of hydrogen-bond acceptors (Lipinski definition) is 3. The van der Waals surface area contributed by atoms with Gasteiger partial charge in [-0.05, 0) is 29.7 Å². The van der Waals surface area contributed by atoms with E-state index in [1.807, 2.05) is 0 Å². The van der Waals surface area contributed by atoms with Gasteiger partial charge in [0.2, 0.25) is 0 Å². The summed E-state index contributed by atoms with van der Waals surface area (Å²) in [5.74, 6) is -3.02. The minimum absolute atomic E-state index is 0.0546. The number of anilines is 1. The largest absolute Gasteiger partial charge is 0.373 e. The zero-order valence-corrected chi connectivity index (χ0v) is 16.3. The topological polar surface area (TPSA) is 74.4 Å². The molecule has 2 heterocycles. The summed E-state index contributed by atoms with van der Waals surface area (Å²) in [6.07, 6.45) is 0. The van der Waals surface area contributed by atoms with Gasteiger partial charge in [0.15, 0.2) is 11.6 Å². The van der Waals surface area contributed by atoms with E-state index in [0.717, 1.165) is 12.1 Å². The molecule has 10 heteroatoms. The Hall–Kier alpha value is -3.04. The Morgan fingerprint density at radius 2 is 1.97 bits per heavy atom. The highest BCUT2D eigenvalue weighted by Crippen LogP contribution is 2.34. The van der Waals surface area contributed by atoms with Crippen molar-refractivity contribution in [2.24, 2.45) is 0 Å². The summed E-state index contributed by atoms with van der Waals surface area (Å²) >= 11 is 5.74. The molecule has 3 aromatic rings. The molecule has 1 unspecified atom stereocenters. The molecule has 30 heavy (non-hydrogen) atoms. The number of ether oxygens (including phenoxy) is 1. The van der Waals surface area contributed by atoms with Crippen LogP contribution < -0.4 is 10.9 Å². The molecule has 2 aromatic carbocycles. The van der Waals surface area contributed by atoms with E-state index < -0.39 is 40.5 Å². The van der Waals surface area contributed by atoms with Crippen LogP contribution in [-0.2, 0) is 11.3 Å². The Balaban J connectivity index is 1.74. The number of carbonyl (C=O) groups is 1. The van der Waals surface area contributed by atoms with E-state index in [0.29, 0.717) is 11.3 Å². The average Bonchev–Trinajstić information content (AvgIpc) is 2.72. The van der Waals surface area contributed by atoms with Crippen LogP contribution in [0.1, 0.15) is 17.3 Å². The summed E-state index contributed by atoms with van der Waals surface area (Å²) in [6, 6.07) is 4.71. The lowest BCUT2D eigenvalue weighted by molar-refractivity contribution is 0.0527. The monoisotopic (exact) mass is 437 g/mol. The summed E-state index contributed by atoms with van der Waals surface area (Å²) < 4.78 is 46.8. The highest BCUT2D eigenvalue weighted by molar-refractivity contribution is 6.31. The Morgan fingerprint density at radius 3 is 2.70 bits per heavy atom. The quantitative estimate of drug-likeness (QED) is 0.626. The lowest BCUT2D eigenvalue weighted by atomic mass is 9.95. The first-order valence-electron chi connectivity index (χ1n) is 8.87. The first-order chi connectivity index (χ1) is 14.3. The molecule has 2 N–H and O–H groups in total. The van der Waals surface area contributed by atoms with E-state index in [9.17, 15) is 22.8 Å². The molecule has 0 spiro atoms. The zero-order valence-electron chi connectivity index (χ0n) is 15.6. The van der Waals surface area contributed by atoms with Crippen LogP contribution in [0.15, 0.2) is 35.1 Å². The summed E-state index contributed by atoms with van der Waals surface area (Å²) in [7, 11) is 1.49. The zero-order chi connectivity index (χ0) is 21.6. The summed E-state index contributed by atoms with van der Waals surface area (Å²) in [6.45, 7) is 0.125. The van der Waals surface area contributed by atoms with Crippen molar-refractivity contribution in [2.45, 2.75) is 12.6 Å². The van der Waals surface area contributed by atoms with Crippen LogP contribution in [0.25, 0.3) is 10.8 Å². The number of aromatic amines is 1. The van der Waals surface area contributed by atoms with Gasteiger partial charge in [0, 0.05) is 24.0 Å². The van der Waals surface area contributed by atoms with Crippen molar-refractivity contribution in [3.05, 3.63) is 74.4 Å². The predicted octanol–water partition coefficient (Wildman–Crippen LogP) is 4.33. The smallest absolute Gasteiger partial charge is 0.322 e. The Labute approximate surface area is 173 Å². The van der Waals surface area contributed by atoms with Crippen molar-refractivity contribution in [1.29, 1.82) is 0 Å². The molecule has 0 bridgehead atoms. The van der Waals surface area contributed by atoms with Crippen molar-refractivity contribution >= 4 is 34.1 Å². The standard InChI is InChI=1S/C20H15ClF3N3O3/c1-27(20(29)25-9-2-4-12(22)11(21)6-9)15-8-30-7-14-16(15)10-3-5-13(23)18(24)17(10)19(28)26-14/h2-6,15H,7-8H2,1H3,(H,25,29)(H,26,28). The molecule has 4 rings (SSSR count). The summed E-state index contributed by atoms with van der Waals surface area (Å²) in [5, 5.41) is 2.22. The van der Waals surface area contributed by atoms with E-state index in [4.69, 9.17) is 16.3 Å². The molecule has 156 valence electrons. The fourth-order valence-electron chi connectivity index (χ4n) is 3.51. The van der Waals surface area contributed by atoms with Gasteiger partial charge in [-0.25, -0.2) is 18.0 Å². The molecule has 1 aromatic heterocycles. The minimum Gasteiger partial charge on any atom is -0.373 e. The number of nitrogens with one attached hydrogen (secondary N) is 2. The second kappa shape index (κ2) is 7.66. The van der Waals surface area contributed by atoms with E-state index in [-0.39, 0.29) is 29.3 Å². The van der Waals surface area contributed by atoms with Crippen LogP contribution in [0.3, 0.4) is 0 Å². The van der Waals surface area contributed by atoms with Gasteiger partial charge in [0.25, 0.3) is 5.56 Å². The molecule has 0 aliphatic carbocycles. The third kappa shape index (κ3) is 3.40. The molecule has 0 saturated heterocycles. The van der Waals surface area contributed by atoms with E-state index >= 15 is 0 Å². The lowest BCUT2D eigenvalue weighted by Gasteiger charge is -2.33. The summed E-state index contributed by atoms with van der Waals surface area (Å²) in [5.41, 5.74) is 0.330. The maximum absolute atomic E-state index is 14.3. The highest BCUT2D eigenvalue weighted by Gasteiger charge is 2.31. The SMILES string of the molecule is CN(C(=O)Nc1ccc(F)c(Cl)c1)C1COCc2[nH]c(=O)c3c(F)c(F)ccc3c21. The van der Waals surface area contributed by atoms with Crippen molar-refractivity contribution in [3.8, 4) is 0 Å². The summed E-state index contributed by atoms with van der Waals surface area (Å²) in [4.78, 5) is 28.9. The van der Waals surface area contributed by atoms with Crippen LogP contribution in [0.5, 0.6) is 0 Å². The number of hydrogen-bond donors (Lipinski definition) is 2. The van der Waals surface area contributed by atoms with E-state index in [2.05, 4.69) is 10.3 Å². The minimum atomic E-state index is -1.25. The number of aromatic nitrogens is 1. The Morgan fingerprint density at radius 1 is 1.23 bits per heavy atom. The lowest BCUT2D eigenvalue weighted by Crippen LogP contribution is -2.40. The predicted molar refractivity (Wildman–Crippen MR) is 105 cm³/mol. The molecule has 1 atom stereocenters. The fraction of sp³-hybridized carbons (Fsp3) is 0.200. The molecule has 1 aliphatic rings. The van der Waals surface area contributed by atoms with Gasteiger partial charge < -0.3 is 19.9 Å². The number of urea groups is 1. The first-order valence-corrected chi connectivity index (χ1v) is 9.25. The Kier molecular flexibility index (Phi) is 5.17. The highest BCUT2D eigenvalue weighted by atomic mass is 35.5. The second-order valence-corrected chi connectivity index (χ2v) is 7.24. The number of nitrogens with zero attached hydrogens (tertiary/aromatic N) is 1. The van der Waals surface area contributed by atoms with Crippen molar-refractivity contribution in [3.63, 3.8) is 0 Å². The number of likely N-dealkylation sites (N-methyl/N-ethyl adjacent to an activating group) is 1. The van der Waals surface area contributed by atoms with Gasteiger partial charge in [-0.15, -0.1) is 0 Å². The number of rotatable bonds is 2. The van der Waals surface area contributed by atoms with Gasteiger partial charge in [0.1, 0.15) is 5.82 Å².